The fourth-order valence-electron chi connectivity index (χ4n) is 3.60. The fourth-order valence-corrected chi connectivity index (χ4v) is 4.69. The van der Waals surface area contributed by atoms with Crippen molar-refractivity contribution in [3.05, 3.63) is 59.6 Å². The van der Waals surface area contributed by atoms with Crippen LogP contribution >= 0.6 is 11.3 Å². The molecule has 2 heterocycles. The molecule has 1 N–H and O–H groups in total. The van der Waals surface area contributed by atoms with Crippen molar-refractivity contribution in [2.45, 2.75) is 18.8 Å². The summed E-state index contributed by atoms with van der Waals surface area (Å²) in [4.78, 5) is 19.3. The molecular weight excluding hydrogens is 370 g/mol. The van der Waals surface area contributed by atoms with Crippen LogP contribution in [-0.2, 0) is 4.79 Å². The molecule has 0 saturated carbocycles. The first-order chi connectivity index (χ1) is 13.8. The first-order valence-electron chi connectivity index (χ1n) is 9.80. The normalized spacial score (nSPS) is 17.5. The minimum Gasteiger partial charge on any atom is -0.492 e. The van der Waals surface area contributed by atoms with Crippen LogP contribution in [-0.4, -0.2) is 48.6 Å². The third-order valence-corrected chi connectivity index (χ3v) is 6.17. The molecule has 0 bridgehead atoms. The first kappa shape index (κ1) is 18.9. The molecule has 1 amide bonds. The third kappa shape index (κ3) is 4.88. The minimum atomic E-state index is 0.0570. The van der Waals surface area contributed by atoms with Gasteiger partial charge < -0.3 is 10.1 Å². The highest BCUT2D eigenvalue weighted by Crippen LogP contribution is 2.32. The molecule has 28 heavy (non-hydrogen) atoms. The monoisotopic (exact) mass is 395 g/mol. The van der Waals surface area contributed by atoms with E-state index >= 15 is 0 Å². The van der Waals surface area contributed by atoms with Gasteiger partial charge in [-0.25, -0.2) is 4.98 Å². The van der Waals surface area contributed by atoms with E-state index in [2.05, 4.69) is 28.4 Å². The van der Waals surface area contributed by atoms with Crippen molar-refractivity contribution in [3.8, 4) is 5.75 Å². The van der Waals surface area contributed by atoms with Gasteiger partial charge in [-0.3, -0.25) is 9.69 Å². The highest BCUT2D eigenvalue weighted by atomic mass is 32.1. The van der Waals surface area contributed by atoms with Crippen LogP contribution in [0, 0.1) is 0 Å². The number of piperidine rings is 1. The fraction of sp³-hybridized carbons (Fsp3) is 0.364. The Morgan fingerprint density at radius 3 is 2.86 bits per heavy atom. The summed E-state index contributed by atoms with van der Waals surface area (Å²) in [6.45, 7) is 3.29. The molecule has 1 aromatic heterocycles. The SMILES string of the molecule is O=C(CN1CCCC(c2nc3ccccc3s2)C1)NCCOc1ccccc1. The number of benzene rings is 2. The number of para-hydroxylation sites is 2. The molecular formula is C22H25N3O2S. The van der Waals surface area contributed by atoms with Gasteiger partial charge in [0.25, 0.3) is 0 Å². The Kier molecular flexibility index (Phi) is 6.19. The number of nitrogens with zero attached hydrogens (tertiary/aromatic N) is 2. The standard InChI is InChI=1S/C22H25N3O2S/c26-21(23-12-14-27-18-8-2-1-3-9-18)16-25-13-6-7-17(15-25)22-24-19-10-4-5-11-20(19)28-22/h1-5,8-11,17H,6-7,12-16H2,(H,23,26). The zero-order valence-corrected chi connectivity index (χ0v) is 16.7. The van der Waals surface area contributed by atoms with Crippen molar-refractivity contribution in [2.24, 2.45) is 0 Å². The lowest BCUT2D eigenvalue weighted by atomic mass is 9.99. The van der Waals surface area contributed by atoms with Crippen molar-refractivity contribution in [2.75, 3.05) is 32.8 Å². The Bertz CT molecular complexity index is 879. The molecule has 1 atom stereocenters. The maximum absolute atomic E-state index is 12.3. The Morgan fingerprint density at radius 2 is 2.00 bits per heavy atom. The molecule has 5 nitrogen and oxygen atoms in total. The second-order valence-electron chi connectivity index (χ2n) is 7.11. The number of carbonyl (C=O) groups is 1. The average Bonchev–Trinajstić information content (AvgIpc) is 3.17. The van der Waals surface area contributed by atoms with Gasteiger partial charge in [0.1, 0.15) is 12.4 Å². The summed E-state index contributed by atoms with van der Waals surface area (Å²) in [5.74, 6) is 1.30. The van der Waals surface area contributed by atoms with E-state index in [1.54, 1.807) is 11.3 Å². The Labute approximate surface area is 169 Å². The van der Waals surface area contributed by atoms with Crippen LogP contribution in [0.5, 0.6) is 5.75 Å². The van der Waals surface area contributed by atoms with E-state index < -0.39 is 0 Å². The highest BCUT2D eigenvalue weighted by Gasteiger charge is 2.25. The molecule has 2 aromatic carbocycles. The summed E-state index contributed by atoms with van der Waals surface area (Å²) >= 11 is 1.78. The zero-order chi connectivity index (χ0) is 19.2. The van der Waals surface area contributed by atoms with Crippen molar-refractivity contribution in [3.63, 3.8) is 0 Å². The van der Waals surface area contributed by atoms with Crippen LogP contribution in [0.15, 0.2) is 54.6 Å². The van der Waals surface area contributed by atoms with E-state index in [9.17, 15) is 4.79 Å². The van der Waals surface area contributed by atoms with Crippen LogP contribution in [0.3, 0.4) is 0 Å². The quantitative estimate of drug-likeness (QED) is 0.620. The average molecular weight is 396 g/mol. The van der Waals surface area contributed by atoms with Gasteiger partial charge in [-0.15, -0.1) is 11.3 Å². The molecule has 1 aliphatic rings. The topological polar surface area (TPSA) is 54.5 Å². The largest absolute Gasteiger partial charge is 0.492 e. The van der Waals surface area contributed by atoms with E-state index in [-0.39, 0.29) is 5.91 Å². The number of likely N-dealkylation sites (tertiary alicyclic amines) is 1. The minimum absolute atomic E-state index is 0.0570. The van der Waals surface area contributed by atoms with E-state index in [0.717, 1.165) is 37.2 Å². The van der Waals surface area contributed by atoms with E-state index in [1.165, 1.54) is 9.71 Å². The van der Waals surface area contributed by atoms with Gasteiger partial charge in [-0.2, -0.15) is 0 Å². The lowest BCUT2D eigenvalue weighted by Crippen LogP contribution is -2.42. The lowest BCUT2D eigenvalue weighted by Gasteiger charge is -2.31. The molecule has 3 aromatic rings. The summed E-state index contributed by atoms with van der Waals surface area (Å²) < 4.78 is 6.86. The molecule has 0 radical (unpaired) electrons. The maximum Gasteiger partial charge on any atom is 0.234 e. The molecule has 1 unspecified atom stereocenters. The van der Waals surface area contributed by atoms with Crippen LogP contribution in [0.25, 0.3) is 10.2 Å². The van der Waals surface area contributed by atoms with Crippen LogP contribution in [0.1, 0.15) is 23.8 Å². The number of thiazole rings is 1. The van der Waals surface area contributed by atoms with Crippen LogP contribution < -0.4 is 10.1 Å². The van der Waals surface area contributed by atoms with Crippen LogP contribution in [0.2, 0.25) is 0 Å². The van der Waals surface area contributed by atoms with Gasteiger partial charge in [0.15, 0.2) is 0 Å². The van der Waals surface area contributed by atoms with Crippen LogP contribution in [0.4, 0.5) is 0 Å². The number of ether oxygens (including phenoxy) is 1. The van der Waals surface area contributed by atoms with Gasteiger partial charge in [-0.05, 0) is 43.7 Å². The number of aromatic nitrogens is 1. The van der Waals surface area contributed by atoms with E-state index in [4.69, 9.17) is 9.72 Å². The number of nitrogens with one attached hydrogen (secondary N) is 1. The number of hydrogen-bond acceptors (Lipinski definition) is 5. The molecule has 146 valence electrons. The van der Waals surface area contributed by atoms with E-state index in [0.29, 0.717) is 25.6 Å². The second kappa shape index (κ2) is 9.17. The predicted molar refractivity (Wildman–Crippen MR) is 113 cm³/mol. The lowest BCUT2D eigenvalue weighted by molar-refractivity contribution is -0.122. The Morgan fingerprint density at radius 1 is 1.18 bits per heavy atom. The Balaban J connectivity index is 1.23. The van der Waals surface area contributed by atoms with Crippen molar-refractivity contribution in [1.82, 2.24) is 15.2 Å². The second-order valence-corrected chi connectivity index (χ2v) is 8.17. The zero-order valence-electron chi connectivity index (χ0n) is 15.8. The van der Waals surface area contributed by atoms with Gasteiger partial charge >= 0.3 is 0 Å². The van der Waals surface area contributed by atoms with Gasteiger partial charge in [0.05, 0.1) is 28.3 Å². The van der Waals surface area contributed by atoms with Gasteiger partial charge in [0.2, 0.25) is 5.91 Å². The summed E-state index contributed by atoms with van der Waals surface area (Å²) in [7, 11) is 0. The summed E-state index contributed by atoms with van der Waals surface area (Å²) in [6.07, 6.45) is 2.24. The van der Waals surface area contributed by atoms with Crippen molar-refractivity contribution in [1.29, 1.82) is 0 Å². The van der Waals surface area contributed by atoms with Gasteiger partial charge in [0, 0.05) is 12.5 Å². The number of amides is 1. The number of hydrogen-bond donors (Lipinski definition) is 1. The summed E-state index contributed by atoms with van der Waals surface area (Å²) in [5, 5.41) is 4.15. The first-order valence-corrected chi connectivity index (χ1v) is 10.6. The number of rotatable bonds is 7. The molecule has 4 rings (SSSR count). The van der Waals surface area contributed by atoms with E-state index in [1.807, 2.05) is 36.4 Å². The smallest absolute Gasteiger partial charge is 0.234 e. The number of carbonyl (C=O) groups excluding carboxylic acids is 1. The molecule has 6 heteroatoms. The maximum atomic E-state index is 12.3. The third-order valence-electron chi connectivity index (χ3n) is 4.97. The molecule has 0 spiro atoms. The molecule has 1 saturated heterocycles. The summed E-state index contributed by atoms with van der Waals surface area (Å²) in [6, 6.07) is 17.9. The number of fused-ring (bicyclic) bond motifs is 1. The molecule has 0 aliphatic carbocycles. The Hall–Kier alpha value is -2.44. The molecule has 1 aliphatic heterocycles. The highest BCUT2D eigenvalue weighted by molar-refractivity contribution is 7.18. The summed E-state index contributed by atoms with van der Waals surface area (Å²) in [5.41, 5.74) is 1.08. The molecule has 1 fully saturated rings. The van der Waals surface area contributed by atoms with Crippen molar-refractivity contribution < 1.29 is 9.53 Å². The van der Waals surface area contributed by atoms with Crippen molar-refractivity contribution >= 4 is 27.5 Å². The van der Waals surface area contributed by atoms with Gasteiger partial charge in [-0.1, -0.05) is 30.3 Å². The predicted octanol–water partition coefficient (Wildman–Crippen LogP) is 3.67.